The number of hydrogen-bond acceptors (Lipinski definition) is 5. The summed E-state index contributed by atoms with van der Waals surface area (Å²) in [6.45, 7) is 2.71. The molecule has 4 nitrogen and oxygen atoms in total. The van der Waals surface area contributed by atoms with Gasteiger partial charge in [-0.1, -0.05) is 0 Å². The molecule has 1 N–H and O–H groups in total. The maximum atomic E-state index is 10.9. The highest BCUT2D eigenvalue weighted by atomic mass is 32.2. The standard InChI is InChI=1S/C10H13N3OS2/c1-7-5-15-9-8(7)12-6-13-10(9)11-3-4-16(2)14/h5-6H,3-4H2,1-2H3,(H,11,12,13). The molecule has 0 spiro atoms. The first-order valence-electron chi connectivity index (χ1n) is 4.91. The molecule has 2 aromatic rings. The number of aryl methyl sites for hydroxylation is 1. The Bertz CT molecular complexity index is 524. The summed E-state index contributed by atoms with van der Waals surface area (Å²) in [6, 6.07) is 0. The minimum atomic E-state index is -0.770. The SMILES string of the molecule is Cc1csc2c(NCCS(C)=O)ncnc12. The molecule has 16 heavy (non-hydrogen) atoms. The maximum absolute atomic E-state index is 10.9. The van der Waals surface area contributed by atoms with E-state index in [-0.39, 0.29) is 0 Å². The van der Waals surface area contributed by atoms with Gasteiger partial charge in [-0.3, -0.25) is 4.21 Å². The molecule has 0 amide bonds. The van der Waals surface area contributed by atoms with Crippen LogP contribution in [0.1, 0.15) is 5.56 Å². The Hall–Kier alpha value is -1.01. The third-order valence-corrected chi connectivity index (χ3v) is 4.09. The second-order valence-electron chi connectivity index (χ2n) is 3.52. The van der Waals surface area contributed by atoms with Crippen LogP contribution in [0.15, 0.2) is 11.7 Å². The fourth-order valence-corrected chi connectivity index (χ4v) is 2.77. The molecule has 86 valence electrons. The molecule has 0 aromatic carbocycles. The van der Waals surface area contributed by atoms with E-state index in [0.717, 1.165) is 16.0 Å². The molecule has 6 heteroatoms. The lowest BCUT2D eigenvalue weighted by molar-refractivity contribution is 0.687. The molecule has 0 aliphatic heterocycles. The van der Waals surface area contributed by atoms with Crippen LogP contribution >= 0.6 is 11.3 Å². The number of fused-ring (bicyclic) bond motifs is 1. The predicted molar refractivity (Wildman–Crippen MR) is 69.6 cm³/mol. The van der Waals surface area contributed by atoms with E-state index < -0.39 is 10.8 Å². The third kappa shape index (κ3) is 2.38. The molecule has 0 fully saturated rings. The zero-order chi connectivity index (χ0) is 11.5. The molecule has 2 heterocycles. The van der Waals surface area contributed by atoms with Crippen molar-refractivity contribution in [3.8, 4) is 0 Å². The lowest BCUT2D eigenvalue weighted by Crippen LogP contribution is -2.10. The Morgan fingerprint density at radius 3 is 3.06 bits per heavy atom. The van der Waals surface area contributed by atoms with Gasteiger partial charge < -0.3 is 5.32 Å². The summed E-state index contributed by atoms with van der Waals surface area (Å²) in [5.41, 5.74) is 2.17. The van der Waals surface area contributed by atoms with E-state index >= 15 is 0 Å². The lowest BCUT2D eigenvalue weighted by Gasteiger charge is -2.04. The van der Waals surface area contributed by atoms with Crippen LogP contribution in [-0.4, -0.2) is 32.7 Å². The van der Waals surface area contributed by atoms with Crippen molar-refractivity contribution in [2.75, 3.05) is 23.9 Å². The minimum Gasteiger partial charge on any atom is -0.368 e. The van der Waals surface area contributed by atoms with Crippen molar-refractivity contribution in [1.82, 2.24) is 9.97 Å². The Morgan fingerprint density at radius 1 is 1.50 bits per heavy atom. The molecule has 0 aliphatic carbocycles. The summed E-state index contributed by atoms with van der Waals surface area (Å²) in [4.78, 5) is 8.45. The van der Waals surface area contributed by atoms with Crippen LogP contribution in [0.4, 0.5) is 5.82 Å². The molecule has 1 unspecified atom stereocenters. The monoisotopic (exact) mass is 255 g/mol. The van der Waals surface area contributed by atoms with E-state index in [2.05, 4.69) is 20.7 Å². The van der Waals surface area contributed by atoms with Crippen molar-refractivity contribution >= 4 is 38.2 Å². The minimum absolute atomic E-state index is 0.635. The quantitative estimate of drug-likeness (QED) is 0.905. The van der Waals surface area contributed by atoms with Crippen molar-refractivity contribution in [3.05, 3.63) is 17.3 Å². The number of anilines is 1. The number of aromatic nitrogens is 2. The highest BCUT2D eigenvalue weighted by molar-refractivity contribution is 7.84. The highest BCUT2D eigenvalue weighted by Crippen LogP contribution is 2.28. The normalized spacial score (nSPS) is 12.9. The molecule has 0 aliphatic rings. The zero-order valence-electron chi connectivity index (χ0n) is 9.19. The van der Waals surface area contributed by atoms with Gasteiger partial charge in [-0.2, -0.15) is 0 Å². The molecule has 0 saturated carbocycles. The summed E-state index contributed by atoms with van der Waals surface area (Å²) in [6.07, 6.45) is 3.26. The van der Waals surface area contributed by atoms with E-state index in [1.165, 1.54) is 5.56 Å². The first kappa shape index (κ1) is 11.5. The number of nitrogens with one attached hydrogen (secondary N) is 1. The maximum Gasteiger partial charge on any atom is 0.147 e. The summed E-state index contributed by atoms with van der Waals surface area (Å²) in [5, 5.41) is 5.27. The molecule has 2 rings (SSSR count). The van der Waals surface area contributed by atoms with Gasteiger partial charge in [0.15, 0.2) is 0 Å². The van der Waals surface area contributed by atoms with E-state index in [9.17, 15) is 4.21 Å². The van der Waals surface area contributed by atoms with Crippen molar-refractivity contribution in [2.24, 2.45) is 0 Å². The Labute approximate surface area is 101 Å². The fraction of sp³-hybridized carbons (Fsp3) is 0.400. The first-order chi connectivity index (χ1) is 7.68. The molecule has 0 bridgehead atoms. The predicted octanol–water partition coefficient (Wildman–Crippen LogP) is 1.79. The molecular formula is C10H13N3OS2. The number of hydrogen-bond donors (Lipinski definition) is 1. The molecule has 0 saturated heterocycles. The van der Waals surface area contributed by atoms with E-state index in [1.54, 1.807) is 23.9 Å². The molecule has 2 aromatic heterocycles. The van der Waals surface area contributed by atoms with Gasteiger partial charge >= 0.3 is 0 Å². The smallest absolute Gasteiger partial charge is 0.147 e. The summed E-state index contributed by atoms with van der Waals surface area (Å²) in [5.74, 6) is 1.48. The van der Waals surface area contributed by atoms with E-state index in [4.69, 9.17) is 0 Å². The Balaban J connectivity index is 2.20. The van der Waals surface area contributed by atoms with Crippen LogP contribution in [0, 0.1) is 6.92 Å². The van der Waals surface area contributed by atoms with Gasteiger partial charge in [0.05, 0.1) is 10.2 Å². The van der Waals surface area contributed by atoms with E-state index in [0.29, 0.717) is 12.3 Å². The van der Waals surface area contributed by atoms with E-state index in [1.807, 2.05) is 6.92 Å². The van der Waals surface area contributed by atoms with Crippen LogP contribution in [0.25, 0.3) is 10.2 Å². The lowest BCUT2D eigenvalue weighted by atomic mass is 10.3. The van der Waals surface area contributed by atoms with Gasteiger partial charge in [0.2, 0.25) is 0 Å². The van der Waals surface area contributed by atoms with Gasteiger partial charge in [-0.15, -0.1) is 11.3 Å². The Kier molecular flexibility index (Phi) is 3.50. The zero-order valence-corrected chi connectivity index (χ0v) is 10.8. The van der Waals surface area contributed by atoms with Crippen molar-refractivity contribution < 1.29 is 4.21 Å². The molecule has 0 radical (unpaired) electrons. The van der Waals surface area contributed by atoms with Gasteiger partial charge in [-0.05, 0) is 17.9 Å². The average Bonchev–Trinajstić information content (AvgIpc) is 2.61. The van der Waals surface area contributed by atoms with Crippen LogP contribution in [0.3, 0.4) is 0 Å². The third-order valence-electron chi connectivity index (χ3n) is 2.21. The van der Waals surface area contributed by atoms with Crippen LogP contribution < -0.4 is 5.32 Å². The largest absolute Gasteiger partial charge is 0.368 e. The summed E-state index contributed by atoms with van der Waals surface area (Å²) >= 11 is 1.64. The second kappa shape index (κ2) is 4.88. The topological polar surface area (TPSA) is 54.9 Å². The summed E-state index contributed by atoms with van der Waals surface area (Å²) in [7, 11) is -0.770. The van der Waals surface area contributed by atoms with Gasteiger partial charge in [0.25, 0.3) is 0 Å². The van der Waals surface area contributed by atoms with Crippen LogP contribution in [-0.2, 0) is 10.8 Å². The Morgan fingerprint density at radius 2 is 2.31 bits per heavy atom. The summed E-state index contributed by atoms with van der Waals surface area (Å²) < 4.78 is 12.0. The number of rotatable bonds is 4. The highest BCUT2D eigenvalue weighted by Gasteiger charge is 2.07. The van der Waals surface area contributed by atoms with Crippen molar-refractivity contribution in [1.29, 1.82) is 0 Å². The van der Waals surface area contributed by atoms with Crippen LogP contribution in [0.5, 0.6) is 0 Å². The first-order valence-corrected chi connectivity index (χ1v) is 7.52. The van der Waals surface area contributed by atoms with Gasteiger partial charge in [0, 0.05) is 29.4 Å². The fourth-order valence-electron chi connectivity index (χ4n) is 1.41. The van der Waals surface area contributed by atoms with Crippen LogP contribution in [0.2, 0.25) is 0 Å². The van der Waals surface area contributed by atoms with Gasteiger partial charge in [0.1, 0.15) is 12.1 Å². The van der Waals surface area contributed by atoms with Crippen molar-refractivity contribution in [3.63, 3.8) is 0 Å². The second-order valence-corrected chi connectivity index (χ2v) is 5.96. The van der Waals surface area contributed by atoms with Gasteiger partial charge in [-0.25, -0.2) is 9.97 Å². The molecule has 1 atom stereocenters. The molecular weight excluding hydrogens is 242 g/mol. The van der Waals surface area contributed by atoms with Crippen molar-refractivity contribution in [2.45, 2.75) is 6.92 Å². The average molecular weight is 255 g/mol. The number of thiophene rings is 1. The number of nitrogens with zero attached hydrogens (tertiary/aromatic N) is 2.